The minimum absolute atomic E-state index is 0.0949. The molecule has 3 aliphatic rings. The van der Waals surface area contributed by atoms with Crippen molar-refractivity contribution in [2.24, 2.45) is 11.8 Å². The van der Waals surface area contributed by atoms with E-state index in [0.29, 0.717) is 12.0 Å². The molecule has 2 amide bonds. The summed E-state index contributed by atoms with van der Waals surface area (Å²) in [6, 6.07) is 0.448. The molecule has 118 valence electrons. The maximum absolute atomic E-state index is 12.4. The van der Waals surface area contributed by atoms with Crippen LogP contribution in [0, 0.1) is 11.8 Å². The summed E-state index contributed by atoms with van der Waals surface area (Å²) < 4.78 is 0. The maximum atomic E-state index is 12.4. The Morgan fingerprint density at radius 3 is 2.29 bits per heavy atom. The summed E-state index contributed by atoms with van der Waals surface area (Å²) in [5, 5.41) is 2.88. The van der Waals surface area contributed by atoms with Gasteiger partial charge in [-0.05, 0) is 44.4 Å². The van der Waals surface area contributed by atoms with Crippen LogP contribution in [-0.2, 0) is 9.59 Å². The zero-order valence-electron chi connectivity index (χ0n) is 13.0. The van der Waals surface area contributed by atoms with Crippen LogP contribution in [0.25, 0.3) is 0 Å². The Balaban J connectivity index is 1.48. The predicted octanol–water partition coefficient (Wildman–Crippen LogP) is 2.47. The van der Waals surface area contributed by atoms with Crippen LogP contribution in [0.1, 0.15) is 64.2 Å². The van der Waals surface area contributed by atoms with Crippen LogP contribution < -0.4 is 5.32 Å². The molecule has 1 atom stereocenters. The van der Waals surface area contributed by atoms with E-state index in [2.05, 4.69) is 10.2 Å². The molecule has 0 spiro atoms. The van der Waals surface area contributed by atoms with Crippen molar-refractivity contribution in [3.63, 3.8) is 0 Å². The summed E-state index contributed by atoms with van der Waals surface area (Å²) in [5.74, 6) is 1.09. The van der Waals surface area contributed by atoms with E-state index < -0.39 is 0 Å². The lowest BCUT2D eigenvalue weighted by molar-refractivity contribution is -0.135. The first kappa shape index (κ1) is 14.9. The van der Waals surface area contributed by atoms with E-state index in [0.717, 1.165) is 45.1 Å². The summed E-state index contributed by atoms with van der Waals surface area (Å²) in [6.07, 6.45) is 11.8. The molecule has 0 radical (unpaired) electrons. The van der Waals surface area contributed by atoms with Gasteiger partial charge in [0.15, 0.2) is 0 Å². The maximum Gasteiger partial charge on any atom is 0.242 e. The van der Waals surface area contributed by atoms with E-state index >= 15 is 0 Å². The lowest BCUT2D eigenvalue weighted by Crippen LogP contribution is -2.45. The van der Waals surface area contributed by atoms with E-state index in [1.807, 2.05) is 0 Å². The fourth-order valence-electron chi connectivity index (χ4n) is 4.53. The van der Waals surface area contributed by atoms with Gasteiger partial charge in [0.25, 0.3) is 0 Å². The first-order valence-electron chi connectivity index (χ1n) is 8.83. The molecule has 1 heterocycles. The molecule has 2 saturated carbocycles. The molecule has 4 heteroatoms. The molecule has 4 nitrogen and oxygen atoms in total. The highest BCUT2D eigenvalue weighted by molar-refractivity contribution is 5.86. The zero-order valence-corrected chi connectivity index (χ0v) is 13.0. The molecular weight excluding hydrogens is 264 g/mol. The van der Waals surface area contributed by atoms with Gasteiger partial charge < -0.3 is 10.2 Å². The Morgan fingerprint density at radius 1 is 0.905 bits per heavy atom. The number of rotatable bonds is 4. The molecule has 2 aliphatic carbocycles. The lowest BCUT2D eigenvalue weighted by Gasteiger charge is -2.29. The van der Waals surface area contributed by atoms with E-state index in [-0.39, 0.29) is 24.3 Å². The Labute approximate surface area is 127 Å². The highest BCUT2D eigenvalue weighted by Crippen LogP contribution is 2.35. The molecule has 0 aromatic rings. The number of amides is 2. The first-order valence-corrected chi connectivity index (χ1v) is 8.83. The standard InChI is InChI=1S/C17H28N2O2/c20-16(12-18-17(21)14-8-3-4-9-14)19-11-5-10-15(19)13-6-1-2-7-13/h13-15H,1-12H2,(H,18,21). The van der Waals surface area contributed by atoms with Crippen LogP contribution in [0.3, 0.4) is 0 Å². The van der Waals surface area contributed by atoms with Gasteiger partial charge in [0.1, 0.15) is 0 Å². The number of hydrogen-bond acceptors (Lipinski definition) is 2. The molecule has 0 aromatic carbocycles. The predicted molar refractivity (Wildman–Crippen MR) is 81.7 cm³/mol. The SMILES string of the molecule is O=C(NCC(=O)N1CCCC1C1CCCC1)C1CCCC1. The van der Waals surface area contributed by atoms with Crippen LogP contribution in [-0.4, -0.2) is 35.8 Å². The normalized spacial score (nSPS) is 27.4. The fourth-order valence-corrected chi connectivity index (χ4v) is 4.53. The van der Waals surface area contributed by atoms with E-state index in [4.69, 9.17) is 0 Å². The molecule has 1 aliphatic heterocycles. The van der Waals surface area contributed by atoms with Crippen molar-refractivity contribution in [3.05, 3.63) is 0 Å². The van der Waals surface area contributed by atoms with Gasteiger partial charge in [-0.3, -0.25) is 9.59 Å². The van der Waals surface area contributed by atoms with Gasteiger partial charge in [0, 0.05) is 18.5 Å². The number of hydrogen-bond donors (Lipinski definition) is 1. The van der Waals surface area contributed by atoms with Crippen molar-refractivity contribution in [2.75, 3.05) is 13.1 Å². The average molecular weight is 292 g/mol. The van der Waals surface area contributed by atoms with Gasteiger partial charge in [0.2, 0.25) is 11.8 Å². The Morgan fingerprint density at radius 2 is 1.57 bits per heavy atom. The van der Waals surface area contributed by atoms with Crippen LogP contribution in [0.15, 0.2) is 0 Å². The fraction of sp³-hybridized carbons (Fsp3) is 0.882. The molecule has 1 saturated heterocycles. The van der Waals surface area contributed by atoms with Gasteiger partial charge in [-0.1, -0.05) is 25.7 Å². The number of carbonyl (C=O) groups excluding carboxylic acids is 2. The molecule has 21 heavy (non-hydrogen) atoms. The first-order chi connectivity index (χ1) is 10.3. The minimum atomic E-state index is 0.0949. The quantitative estimate of drug-likeness (QED) is 0.865. The third-order valence-electron chi connectivity index (χ3n) is 5.70. The second-order valence-electron chi connectivity index (χ2n) is 7.04. The molecular formula is C17H28N2O2. The summed E-state index contributed by atoms with van der Waals surface area (Å²) in [5.41, 5.74) is 0. The van der Waals surface area contributed by atoms with Gasteiger partial charge in [-0.2, -0.15) is 0 Å². The minimum Gasteiger partial charge on any atom is -0.347 e. The second kappa shape index (κ2) is 6.80. The molecule has 0 aromatic heterocycles. The van der Waals surface area contributed by atoms with Crippen molar-refractivity contribution in [3.8, 4) is 0 Å². The van der Waals surface area contributed by atoms with Crippen molar-refractivity contribution in [1.82, 2.24) is 10.2 Å². The largest absolute Gasteiger partial charge is 0.347 e. The number of carbonyl (C=O) groups is 2. The number of nitrogens with one attached hydrogen (secondary N) is 1. The Bertz CT molecular complexity index is 384. The van der Waals surface area contributed by atoms with Gasteiger partial charge in [0.05, 0.1) is 6.54 Å². The second-order valence-corrected chi connectivity index (χ2v) is 7.04. The summed E-state index contributed by atoms with van der Waals surface area (Å²) in [6.45, 7) is 1.10. The monoisotopic (exact) mass is 292 g/mol. The molecule has 3 rings (SSSR count). The van der Waals surface area contributed by atoms with Crippen LogP contribution in [0.2, 0.25) is 0 Å². The molecule has 1 unspecified atom stereocenters. The van der Waals surface area contributed by atoms with Crippen LogP contribution in [0.5, 0.6) is 0 Å². The van der Waals surface area contributed by atoms with E-state index in [9.17, 15) is 9.59 Å². The van der Waals surface area contributed by atoms with Crippen molar-refractivity contribution in [1.29, 1.82) is 0 Å². The van der Waals surface area contributed by atoms with Crippen molar-refractivity contribution < 1.29 is 9.59 Å². The highest BCUT2D eigenvalue weighted by Gasteiger charge is 2.35. The van der Waals surface area contributed by atoms with Crippen molar-refractivity contribution in [2.45, 2.75) is 70.3 Å². The van der Waals surface area contributed by atoms with Crippen molar-refractivity contribution >= 4 is 11.8 Å². The number of likely N-dealkylation sites (tertiary alicyclic amines) is 1. The average Bonchev–Trinajstić information content (AvgIpc) is 3.25. The van der Waals surface area contributed by atoms with Gasteiger partial charge >= 0.3 is 0 Å². The Kier molecular flexibility index (Phi) is 4.81. The number of nitrogens with zero attached hydrogens (tertiary/aromatic N) is 1. The zero-order chi connectivity index (χ0) is 14.7. The third-order valence-corrected chi connectivity index (χ3v) is 5.70. The summed E-state index contributed by atoms with van der Waals surface area (Å²) in [7, 11) is 0. The van der Waals surface area contributed by atoms with Gasteiger partial charge in [-0.25, -0.2) is 0 Å². The summed E-state index contributed by atoms with van der Waals surface area (Å²) >= 11 is 0. The van der Waals surface area contributed by atoms with Crippen LogP contribution >= 0.6 is 0 Å². The smallest absolute Gasteiger partial charge is 0.242 e. The lowest BCUT2D eigenvalue weighted by atomic mass is 9.96. The summed E-state index contributed by atoms with van der Waals surface area (Å²) in [4.78, 5) is 26.5. The van der Waals surface area contributed by atoms with E-state index in [1.165, 1.54) is 25.7 Å². The Hall–Kier alpha value is -1.06. The van der Waals surface area contributed by atoms with E-state index in [1.54, 1.807) is 0 Å². The van der Waals surface area contributed by atoms with Gasteiger partial charge in [-0.15, -0.1) is 0 Å². The highest BCUT2D eigenvalue weighted by atomic mass is 16.2. The molecule has 0 bridgehead atoms. The topological polar surface area (TPSA) is 49.4 Å². The third kappa shape index (κ3) is 3.41. The van der Waals surface area contributed by atoms with Crippen LogP contribution in [0.4, 0.5) is 0 Å². The molecule has 3 fully saturated rings. The molecule has 1 N–H and O–H groups in total.